The Kier molecular flexibility index (Phi) is 6.71. The topological polar surface area (TPSA) is 45.0 Å². The quantitative estimate of drug-likeness (QED) is 0.730. The number of nitrogens with zero attached hydrogens (tertiary/aromatic N) is 1. The van der Waals surface area contributed by atoms with Crippen LogP contribution in [0.1, 0.15) is 57.6 Å². The molecule has 116 valence electrons. The molecule has 0 aliphatic carbocycles. The summed E-state index contributed by atoms with van der Waals surface area (Å²) in [6, 6.07) is 8.75. The zero-order valence-electron chi connectivity index (χ0n) is 14.0. The Labute approximate surface area is 129 Å². The van der Waals surface area contributed by atoms with Gasteiger partial charge in [-0.2, -0.15) is 5.26 Å². The van der Waals surface area contributed by atoms with E-state index in [1.807, 2.05) is 13.8 Å². The number of hydrogen-bond acceptors (Lipinski definition) is 3. The molecule has 0 bridgehead atoms. The van der Waals surface area contributed by atoms with Gasteiger partial charge in [0.15, 0.2) is 0 Å². The van der Waals surface area contributed by atoms with Crippen LogP contribution in [0.5, 0.6) is 5.75 Å². The first kappa shape index (κ1) is 17.5. The Morgan fingerprint density at radius 2 is 2.10 bits per heavy atom. The lowest BCUT2D eigenvalue weighted by Gasteiger charge is -2.22. The molecule has 1 N–H and O–H groups in total. The molecule has 1 atom stereocenters. The van der Waals surface area contributed by atoms with Crippen LogP contribution in [-0.2, 0) is 0 Å². The molecule has 1 aromatic rings. The fourth-order valence-electron chi connectivity index (χ4n) is 2.31. The average Bonchev–Trinajstić information content (AvgIpc) is 2.45. The van der Waals surface area contributed by atoms with Crippen molar-refractivity contribution in [2.75, 3.05) is 13.2 Å². The smallest absolute Gasteiger partial charge is 0.122 e. The van der Waals surface area contributed by atoms with Gasteiger partial charge in [0.05, 0.1) is 12.7 Å². The lowest BCUT2D eigenvalue weighted by atomic mass is 9.98. The van der Waals surface area contributed by atoms with Crippen LogP contribution in [0.3, 0.4) is 0 Å². The number of ether oxygens (including phenoxy) is 1. The molecule has 0 saturated heterocycles. The molecular formula is C18H28N2O. The van der Waals surface area contributed by atoms with Gasteiger partial charge in [0.25, 0.3) is 0 Å². The van der Waals surface area contributed by atoms with Crippen LogP contribution in [0, 0.1) is 18.3 Å². The van der Waals surface area contributed by atoms with E-state index in [4.69, 9.17) is 4.74 Å². The molecule has 0 fully saturated rings. The minimum Gasteiger partial charge on any atom is -0.493 e. The highest BCUT2D eigenvalue weighted by molar-refractivity contribution is 5.37. The Bertz CT molecular complexity index is 490. The first-order chi connectivity index (χ1) is 9.91. The second-order valence-electron chi connectivity index (χ2n) is 6.11. The van der Waals surface area contributed by atoms with Crippen LogP contribution in [0.2, 0.25) is 0 Å². The minimum absolute atomic E-state index is 0.451. The van der Waals surface area contributed by atoms with E-state index in [1.165, 1.54) is 5.56 Å². The molecule has 0 aromatic heterocycles. The Morgan fingerprint density at radius 3 is 2.67 bits per heavy atom. The molecule has 3 nitrogen and oxygen atoms in total. The van der Waals surface area contributed by atoms with Crippen molar-refractivity contribution >= 4 is 0 Å². The van der Waals surface area contributed by atoms with Crippen molar-refractivity contribution in [1.82, 2.24) is 5.32 Å². The van der Waals surface area contributed by atoms with E-state index >= 15 is 0 Å². The van der Waals surface area contributed by atoms with Gasteiger partial charge in [-0.05, 0) is 56.3 Å². The molecule has 0 spiro atoms. The van der Waals surface area contributed by atoms with Gasteiger partial charge in [-0.3, -0.25) is 5.32 Å². The van der Waals surface area contributed by atoms with Crippen LogP contribution in [0.4, 0.5) is 0 Å². The summed E-state index contributed by atoms with van der Waals surface area (Å²) in [5.41, 5.74) is 2.01. The van der Waals surface area contributed by atoms with Crippen LogP contribution in [0.25, 0.3) is 0 Å². The lowest BCUT2D eigenvalue weighted by Crippen LogP contribution is -2.40. The van der Waals surface area contributed by atoms with E-state index < -0.39 is 5.54 Å². The van der Waals surface area contributed by atoms with Crippen molar-refractivity contribution in [3.05, 3.63) is 29.3 Å². The maximum atomic E-state index is 9.22. The number of benzene rings is 1. The van der Waals surface area contributed by atoms with Crippen molar-refractivity contribution in [2.24, 2.45) is 0 Å². The third-order valence-electron chi connectivity index (χ3n) is 3.77. The molecule has 0 radical (unpaired) electrons. The molecule has 0 aliphatic heterocycles. The van der Waals surface area contributed by atoms with Gasteiger partial charge in [-0.1, -0.05) is 32.9 Å². The summed E-state index contributed by atoms with van der Waals surface area (Å²) >= 11 is 0. The molecule has 0 amide bonds. The third-order valence-corrected chi connectivity index (χ3v) is 3.77. The summed E-state index contributed by atoms with van der Waals surface area (Å²) in [4.78, 5) is 0. The lowest BCUT2D eigenvalue weighted by molar-refractivity contribution is 0.284. The van der Waals surface area contributed by atoms with Crippen LogP contribution >= 0.6 is 0 Å². The van der Waals surface area contributed by atoms with Gasteiger partial charge in [-0.25, -0.2) is 0 Å². The van der Waals surface area contributed by atoms with E-state index in [1.54, 1.807) is 0 Å². The van der Waals surface area contributed by atoms with Crippen molar-refractivity contribution < 1.29 is 4.74 Å². The molecule has 1 aromatic carbocycles. The maximum Gasteiger partial charge on any atom is 0.122 e. The molecule has 21 heavy (non-hydrogen) atoms. The van der Waals surface area contributed by atoms with E-state index in [2.05, 4.69) is 50.4 Å². The Morgan fingerprint density at radius 1 is 1.38 bits per heavy atom. The molecule has 1 rings (SSSR count). The zero-order chi connectivity index (χ0) is 15.9. The van der Waals surface area contributed by atoms with Crippen molar-refractivity contribution in [2.45, 2.75) is 58.9 Å². The number of nitrogens with one attached hydrogen (secondary N) is 1. The predicted molar refractivity (Wildman–Crippen MR) is 87.7 cm³/mol. The van der Waals surface area contributed by atoms with Crippen LogP contribution in [0.15, 0.2) is 18.2 Å². The normalized spacial score (nSPS) is 13.8. The molecule has 1 unspecified atom stereocenters. The number of rotatable bonds is 8. The molecular weight excluding hydrogens is 260 g/mol. The highest BCUT2D eigenvalue weighted by atomic mass is 16.5. The molecule has 0 aliphatic rings. The van der Waals surface area contributed by atoms with Crippen LogP contribution < -0.4 is 10.1 Å². The summed E-state index contributed by atoms with van der Waals surface area (Å²) in [5.74, 6) is 1.46. The van der Waals surface area contributed by atoms with Crippen molar-refractivity contribution in [3.63, 3.8) is 0 Å². The van der Waals surface area contributed by atoms with Gasteiger partial charge in [0.1, 0.15) is 11.3 Å². The SMILES string of the molecule is CCNC(C)(C#N)CCCOc1cc(C(C)C)ccc1C. The molecule has 3 heteroatoms. The first-order valence-electron chi connectivity index (χ1n) is 7.81. The fourth-order valence-corrected chi connectivity index (χ4v) is 2.31. The van der Waals surface area contributed by atoms with E-state index in [0.717, 1.165) is 30.7 Å². The maximum absolute atomic E-state index is 9.22. The monoisotopic (exact) mass is 288 g/mol. The van der Waals surface area contributed by atoms with E-state index in [9.17, 15) is 5.26 Å². The van der Waals surface area contributed by atoms with Gasteiger partial charge in [-0.15, -0.1) is 0 Å². The predicted octanol–water partition coefficient (Wildman–Crippen LogP) is 4.17. The standard InChI is InChI=1S/C18H28N2O/c1-6-20-18(5,13-19)10-7-11-21-17-12-16(14(2)3)9-8-15(17)4/h8-9,12,14,20H,6-7,10-11H2,1-5H3. The average molecular weight is 288 g/mol. The molecule has 0 saturated carbocycles. The summed E-state index contributed by atoms with van der Waals surface area (Å²) < 4.78 is 5.91. The summed E-state index contributed by atoms with van der Waals surface area (Å²) in [6.07, 6.45) is 1.66. The summed E-state index contributed by atoms with van der Waals surface area (Å²) in [7, 11) is 0. The largest absolute Gasteiger partial charge is 0.493 e. The van der Waals surface area contributed by atoms with Gasteiger partial charge in [0, 0.05) is 0 Å². The number of hydrogen-bond donors (Lipinski definition) is 1. The third kappa shape index (κ3) is 5.40. The Hall–Kier alpha value is -1.53. The van der Waals surface area contributed by atoms with Crippen molar-refractivity contribution in [3.8, 4) is 11.8 Å². The Balaban J connectivity index is 2.53. The second kappa shape index (κ2) is 8.05. The fraction of sp³-hybridized carbons (Fsp3) is 0.611. The zero-order valence-corrected chi connectivity index (χ0v) is 14.0. The van der Waals surface area contributed by atoms with Gasteiger partial charge in [0.2, 0.25) is 0 Å². The highest BCUT2D eigenvalue weighted by Crippen LogP contribution is 2.24. The van der Waals surface area contributed by atoms with Crippen LogP contribution in [-0.4, -0.2) is 18.7 Å². The number of nitriles is 1. The molecule has 0 heterocycles. The van der Waals surface area contributed by atoms with Gasteiger partial charge < -0.3 is 4.74 Å². The second-order valence-corrected chi connectivity index (χ2v) is 6.11. The number of aryl methyl sites for hydroxylation is 1. The highest BCUT2D eigenvalue weighted by Gasteiger charge is 2.21. The van der Waals surface area contributed by atoms with E-state index in [-0.39, 0.29) is 0 Å². The minimum atomic E-state index is -0.451. The summed E-state index contributed by atoms with van der Waals surface area (Å²) in [6.45, 7) is 11.9. The first-order valence-corrected chi connectivity index (χ1v) is 7.81. The summed E-state index contributed by atoms with van der Waals surface area (Å²) in [5, 5.41) is 12.4. The van der Waals surface area contributed by atoms with Gasteiger partial charge >= 0.3 is 0 Å². The van der Waals surface area contributed by atoms with Crippen molar-refractivity contribution in [1.29, 1.82) is 5.26 Å². The van der Waals surface area contributed by atoms with E-state index in [0.29, 0.717) is 12.5 Å².